The number of nitrogens with one attached hydrogen (secondary N) is 1. The van der Waals surface area contributed by atoms with Gasteiger partial charge in [0.1, 0.15) is 23.4 Å². The van der Waals surface area contributed by atoms with Gasteiger partial charge in [-0.3, -0.25) is 4.57 Å². The Kier molecular flexibility index (Phi) is 6.00. The van der Waals surface area contributed by atoms with Gasteiger partial charge in [-0.2, -0.15) is 8.78 Å². The van der Waals surface area contributed by atoms with Crippen LogP contribution in [0.1, 0.15) is 18.2 Å². The molecule has 0 saturated heterocycles. The van der Waals surface area contributed by atoms with Crippen molar-refractivity contribution in [3.05, 3.63) is 69.9 Å². The summed E-state index contributed by atoms with van der Waals surface area (Å²) in [5.74, 6) is -6.19. The van der Waals surface area contributed by atoms with E-state index in [4.69, 9.17) is 9.26 Å². The van der Waals surface area contributed by atoms with Gasteiger partial charge >= 0.3 is 11.6 Å². The number of imidazole rings is 1. The summed E-state index contributed by atoms with van der Waals surface area (Å²) in [5, 5.41) is 3.87. The summed E-state index contributed by atoms with van der Waals surface area (Å²) in [4.78, 5) is 13.2. The van der Waals surface area contributed by atoms with E-state index in [1.165, 1.54) is 32.2 Å². The highest BCUT2D eigenvalue weighted by Crippen LogP contribution is 2.40. The lowest BCUT2D eigenvalue weighted by Crippen LogP contribution is -2.45. The number of rotatable bonds is 7. The number of hydrogen-bond acceptors (Lipinski definition) is 6. The molecule has 1 N–H and O–H groups in total. The second-order valence-corrected chi connectivity index (χ2v) is 10.6. The van der Waals surface area contributed by atoms with Gasteiger partial charge in [-0.25, -0.2) is 31.3 Å². The molecule has 4 aromatic rings. The molecule has 0 bridgehead atoms. The quantitative estimate of drug-likeness (QED) is 0.361. The van der Waals surface area contributed by atoms with Gasteiger partial charge in [0.15, 0.2) is 11.4 Å². The Morgan fingerprint density at radius 2 is 1.95 bits per heavy atom. The zero-order valence-corrected chi connectivity index (χ0v) is 20.3. The Morgan fingerprint density at radius 3 is 2.57 bits per heavy atom. The molecule has 196 valence electrons. The van der Waals surface area contributed by atoms with Crippen LogP contribution in [-0.2, 0) is 33.8 Å². The van der Waals surface area contributed by atoms with Crippen molar-refractivity contribution in [3.63, 3.8) is 0 Å². The Labute approximate surface area is 207 Å². The highest BCUT2D eigenvalue weighted by atomic mass is 32.2. The molecule has 0 fully saturated rings. The third-order valence-corrected chi connectivity index (χ3v) is 7.62. The molecule has 1 aliphatic heterocycles. The fraction of sp³-hybridized carbons (Fsp3) is 0.304. The summed E-state index contributed by atoms with van der Waals surface area (Å²) in [6.07, 6.45) is 0.824. The zero-order valence-electron chi connectivity index (χ0n) is 19.5. The van der Waals surface area contributed by atoms with E-state index in [9.17, 15) is 22.0 Å². The molecule has 5 rings (SSSR count). The van der Waals surface area contributed by atoms with Gasteiger partial charge in [-0.05, 0) is 36.8 Å². The third-order valence-electron chi connectivity index (χ3n) is 6.21. The topological polar surface area (TPSA) is 108 Å². The van der Waals surface area contributed by atoms with Crippen LogP contribution in [0.15, 0.2) is 45.8 Å². The molecule has 3 heterocycles. The van der Waals surface area contributed by atoms with E-state index in [1.54, 1.807) is 0 Å². The Morgan fingerprint density at radius 1 is 1.24 bits per heavy atom. The van der Waals surface area contributed by atoms with Crippen molar-refractivity contribution >= 4 is 21.0 Å². The number of fused-ring (bicyclic) bond motifs is 2. The van der Waals surface area contributed by atoms with Crippen molar-refractivity contribution in [2.24, 2.45) is 0 Å². The normalized spacial score (nSPS) is 17.0. The van der Waals surface area contributed by atoms with Crippen molar-refractivity contribution in [1.29, 1.82) is 0 Å². The summed E-state index contributed by atoms with van der Waals surface area (Å²) >= 11 is 0. The van der Waals surface area contributed by atoms with Gasteiger partial charge in [0, 0.05) is 18.9 Å². The van der Waals surface area contributed by atoms with E-state index < -0.39 is 62.9 Å². The Hall–Kier alpha value is -3.49. The summed E-state index contributed by atoms with van der Waals surface area (Å²) in [6.45, 7) is 0.735. The second kappa shape index (κ2) is 8.82. The van der Waals surface area contributed by atoms with E-state index >= 15 is 8.78 Å². The number of alkyl halides is 2. The van der Waals surface area contributed by atoms with Gasteiger partial charge < -0.3 is 9.26 Å². The standard InChI is InChI=1S/C23H20F4N4O5S/c1-3-37(33,34)29-17-9-30-18(23(17,26)27)10-31(22(30)32)21-20-13(19-14(24)5-4-6-15(19)25)7-12(11-35-2)8-16(20)36-28-21/h4-8,10,17,29H,3,9,11H2,1-2H3/t17-/m1/s1. The molecule has 14 heteroatoms. The molecule has 1 atom stereocenters. The van der Waals surface area contributed by atoms with Crippen LogP contribution in [0.3, 0.4) is 0 Å². The van der Waals surface area contributed by atoms with Crippen LogP contribution < -0.4 is 10.4 Å². The lowest BCUT2D eigenvalue weighted by Gasteiger charge is -2.19. The summed E-state index contributed by atoms with van der Waals surface area (Å²) in [6, 6.07) is 4.37. The molecule has 1 aliphatic rings. The van der Waals surface area contributed by atoms with Gasteiger partial charge in [0.2, 0.25) is 10.0 Å². The second-order valence-electron chi connectivity index (χ2n) is 8.53. The highest BCUT2D eigenvalue weighted by molar-refractivity contribution is 7.89. The molecule has 2 aromatic carbocycles. The lowest BCUT2D eigenvalue weighted by molar-refractivity contribution is -0.0248. The monoisotopic (exact) mass is 540 g/mol. The predicted octanol–water partition coefficient (Wildman–Crippen LogP) is 3.29. The van der Waals surface area contributed by atoms with E-state index in [0.29, 0.717) is 5.56 Å². The summed E-state index contributed by atoms with van der Waals surface area (Å²) in [7, 11) is -2.55. The van der Waals surface area contributed by atoms with Crippen LogP contribution >= 0.6 is 0 Å². The smallest absolute Gasteiger partial charge is 0.334 e. The summed E-state index contributed by atoms with van der Waals surface area (Å²) in [5.41, 5.74) is -1.61. The molecule has 0 spiro atoms. The van der Waals surface area contributed by atoms with Crippen molar-refractivity contribution in [3.8, 4) is 16.9 Å². The fourth-order valence-electron chi connectivity index (χ4n) is 4.44. The van der Waals surface area contributed by atoms with Crippen molar-refractivity contribution < 1.29 is 35.2 Å². The average molecular weight is 540 g/mol. The number of methoxy groups -OCH3 is 1. The molecule has 0 unspecified atom stereocenters. The minimum absolute atomic E-state index is 0.0155. The van der Waals surface area contributed by atoms with Gasteiger partial charge in [0.05, 0.1) is 29.9 Å². The van der Waals surface area contributed by atoms with Gasteiger partial charge in [0.25, 0.3) is 0 Å². The molecular weight excluding hydrogens is 520 g/mol. The number of hydrogen-bond donors (Lipinski definition) is 1. The molecule has 9 nitrogen and oxygen atoms in total. The molecule has 0 amide bonds. The molecule has 0 radical (unpaired) electrons. The minimum Gasteiger partial charge on any atom is -0.380 e. The maximum Gasteiger partial charge on any atom is 0.334 e. The Balaban J connectivity index is 1.70. The van der Waals surface area contributed by atoms with Crippen LogP contribution in [0.5, 0.6) is 0 Å². The van der Waals surface area contributed by atoms with Crippen LogP contribution in [0.25, 0.3) is 27.9 Å². The number of nitrogens with zero attached hydrogens (tertiary/aromatic N) is 3. The SMILES string of the molecule is CCS(=O)(=O)N[C@@H]1Cn2c(cn(-c3noc4cc(COC)cc(-c5c(F)cccc5F)c34)c2=O)C1(F)F. The number of halogens is 4. The van der Waals surface area contributed by atoms with Crippen LogP contribution in [0.4, 0.5) is 17.6 Å². The lowest BCUT2D eigenvalue weighted by atomic mass is 9.98. The van der Waals surface area contributed by atoms with Crippen molar-refractivity contribution in [1.82, 2.24) is 19.0 Å². The largest absolute Gasteiger partial charge is 0.380 e. The number of sulfonamides is 1. The molecule has 2 aromatic heterocycles. The maximum atomic E-state index is 15.1. The average Bonchev–Trinajstić information content (AvgIpc) is 3.46. The van der Waals surface area contributed by atoms with Crippen LogP contribution in [0, 0.1) is 11.6 Å². The fourth-order valence-corrected chi connectivity index (χ4v) is 5.26. The first-order valence-electron chi connectivity index (χ1n) is 11.0. The highest BCUT2D eigenvalue weighted by Gasteiger charge is 2.52. The van der Waals surface area contributed by atoms with E-state index in [-0.39, 0.29) is 29.0 Å². The van der Waals surface area contributed by atoms with E-state index in [2.05, 4.69) is 5.16 Å². The molecule has 37 heavy (non-hydrogen) atoms. The van der Waals surface area contributed by atoms with E-state index in [1.807, 2.05) is 4.72 Å². The Bertz CT molecular complexity index is 1670. The maximum absolute atomic E-state index is 15.1. The van der Waals surface area contributed by atoms with Crippen LogP contribution in [0.2, 0.25) is 0 Å². The first-order valence-corrected chi connectivity index (χ1v) is 12.7. The molecule has 0 aliphatic carbocycles. The molecule has 0 saturated carbocycles. The van der Waals surface area contributed by atoms with Crippen molar-refractivity contribution in [2.45, 2.75) is 32.0 Å². The van der Waals surface area contributed by atoms with Gasteiger partial charge in [-0.15, -0.1) is 0 Å². The number of aromatic nitrogens is 3. The predicted molar refractivity (Wildman–Crippen MR) is 124 cm³/mol. The molecular formula is C23H20F4N4O5S. The van der Waals surface area contributed by atoms with Crippen molar-refractivity contribution in [2.75, 3.05) is 12.9 Å². The summed E-state index contributed by atoms with van der Waals surface area (Å²) < 4.78 is 97.5. The third kappa shape index (κ3) is 4.04. The first-order chi connectivity index (χ1) is 17.5. The minimum atomic E-state index is -3.98. The number of ether oxygens (including phenoxy) is 1. The van der Waals surface area contributed by atoms with E-state index in [0.717, 1.165) is 27.5 Å². The van der Waals surface area contributed by atoms with Crippen LogP contribution in [-0.4, -0.2) is 41.6 Å². The first kappa shape index (κ1) is 25.2. The zero-order chi connectivity index (χ0) is 26.7. The van der Waals surface area contributed by atoms with Gasteiger partial charge in [-0.1, -0.05) is 11.2 Å². The number of benzene rings is 2.